The molecule has 1 heterocycles. The minimum Gasteiger partial charge on any atom is -0.468 e. The van der Waals surface area contributed by atoms with Crippen LogP contribution in [0.15, 0.2) is 12.4 Å². The molecule has 6 heteroatoms. The van der Waals surface area contributed by atoms with Gasteiger partial charge in [-0.25, -0.2) is 0 Å². The average Bonchev–Trinajstić information content (AvgIpc) is 2.76. The van der Waals surface area contributed by atoms with Gasteiger partial charge in [0.2, 0.25) is 5.91 Å². The van der Waals surface area contributed by atoms with Crippen molar-refractivity contribution in [3.8, 4) is 0 Å². The molecule has 6 nitrogen and oxygen atoms in total. The normalized spacial score (nSPS) is 11.1. The summed E-state index contributed by atoms with van der Waals surface area (Å²) >= 11 is 0. The van der Waals surface area contributed by atoms with Crippen LogP contribution in [0, 0.1) is 5.41 Å². The van der Waals surface area contributed by atoms with Gasteiger partial charge in [0.05, 0.1) is 19.0 Å². The van der Waals surface area contributed by atoms with Gasteiger partial charge in [0.1, 0.15) is 6.54 Å². The van der Waals surface area contributed by atoms with Crippen LogP contribution in [0.3, 0.4) is 0 Å². The third-order valence-electron chi connectivity index (χ3n) is 2.91. The van der Waals surface area contributed by atoms with Crippen LogP contribution in [-0.2, 0) is 20.9 Å². The lowest BCUT2D eigenvalue weighted by Crippen LogP contribution is -2.29. The molecule has 0 spiro atoms. The Morgan fingerprint density at radius 3 is 2.72 bits per heavy atom. The van der Waals surface area contributed by atoms with E-state index in [9.17, 15) is 9.59 Å². The smallest absolute Gasteiger partial charge is 0.327 e. The topological polar surface area (TPSA) is 73.2 Å². The minimum absolute atomic E-state index is 0.0313. The number of carbonyl (C=O) groups is 2. The Morgan fingerprint density at radius 2 is 2.17 bits per heavy atom. The third kappa shape index (κ3) is 3.58. The first-order valence-electron chi connectivity index (χ1n) is 5.79. The molecule has 0 fully saturated rings. The van der Waals surface area contributed by atoms with Gasteiger partial charge in [0.15, 0.2) is 0 Å². The number of ether oxygens (including phenoxy) is 1. The second-order valence-corrected chi connectivity index (χ2v) is 4.69. The molecular weight excluding hydrogens is 234 g/mol. The molecule has 1 N–H and O–H groups in total. The Morgan fingerprint density at radius 1 is 1.50 bits per heavy atom. The number of aromatic nitrogens is 2. The lowest BCUT2D eigenvalue weighted by Gasteiger charge is -2.20. The molecule has 100 valence electrons. The number of amides is 1. The highest BCUT2D eigenvalue weighted by Crippen LogP contribution is 2.21. The summed E-state index contributed by atoms with van der Waals surface area (Å²) in [4.78, 5) is 23.0. The highest BCUT2D eigenvalue weighted by atomic mass is 16.5. The van der Waals surface area contributed by atoms with Gasteiger partial charge in [-0.3, -0.25) is 14.3 Å². The van der Waals surface area contributed by atoms with E-state index >= 15 is 0 Å². The summed E-state index contributed by atoms with van der Waals surface area (Å²) in [6.45, 7) is 5.74. The van der Waals surface area contributed by atoms with E-state index in [4.69, 9.17) is 0 Å². The monoisotopic (exact) mass is 253 g/mol. The molecule has 0 aromatic carbocycles. The van der Waals surface area contributed by atoms with Gasteiger partial charge in [-0.1, -0.05) is 20.8 Å². The van der Waals surface area contributed by atoms with Gasteiger partial charge < -0.3 is 10.1 Å². The van der Waals surface area contributed by atoms with Crippen LogP contribution in [0.5, 0.6) is 0 Å². The van der Waals surface area contributed by atoms with Gasteiger partial charge in [0.25, 0.3) is 0 Å². The molecule has 0 aliphatic carbocycles. The number of nitrogens with one attached hydrogen (secondary N) is 1. The summed E-state index contributed by atoms with van der Waals surface area (Å²) in [5.41, 5.74) is 0.148. The molecule has 0 aliphatic rings. The van der Waals surface area contributed by atoms with Crippen molar-refractivity contribution in [2.75, 3.05) is 12.4 Å². The molecule has 0 radical (unpaired) electrons. The van der Waals surface area contributed by atoms with Crippen LogP contribution in [0.1, 0.15) is 27.2 Å². The molecule has 0 saturated carbocycles. The van der Waals surface area contributed by atoms with Crippen molar-refractivity contribution in [1.82, 2.24) is 9.78 Å². The van der Waals surface area contributed by atoms with Crippen molar-refractivity contribution in [2.24, 2.45) is 5.41 Å². The molecule has 0 atom stereocenters. The number of carbonyl (C=O) groups excluding carboxylic acids is 2. The Kier molecular flexibility index (Phi) is 4.47. The molecule has 0 unspecified atom stereocenters. The third-order valence-corrected chi connectivity index (χ3v) is 2.91. The van der Waals surface area contributed by atoms with Crippen LogP contribution in [0.2, 0.25) is 0 Å². The van der Waals surface area contributed by atoms with Crippen molar-refractivity contribution < 1.29 is 14.3 Å². The molecular formula is C12H19N3O3. The summed E-state index contributed by atoms with van der Waals surface area (Å²) < 4.78 is 5.95. The molecule has 1 rings (SSSR count). The maximum atomic E-state index is 11.9. The fourth-order valence-electron chi connectivity index (χ4n) is 1.17. The van der Waals surface area contributed by atoms with Gasteiger partial charge in [-0.15, -0.1) is 0 Å². The van der Waals surface area contributed by atoms with Crippen molar-refractivity contribution in [1.29, 1.82) is 0 Å². The van der Waals surface area contributed by atoms with Crippen LogP contribution >= 0.6 is 0 Å². The van der Waals surface area contributed by atoms with Gasteiger partial charge in [-0.05, 0) is 6.42 Å². The second kappa shape index (κ2) is 5.66. The summed E-state index contributed by atoms with van der Waals surface area (Å²) in [5, 5.41) is 6.74. The highest BCUT2D eigenvalue weighted by molar-refractivity contribution is 5.94. The predicted octanol–water partition coefficient (Wildman–Crippen LogP) is 1.43. The van der Waals surface area contributed by atoms with Crippen molar-refractivity contribution in [3.63, 3.8) is 0 Å². The number of rotatable bonds is 5. The standard InChI is InChI=1S/C12H19N3O3/c1-5-12(2,3)11(17)14-9-6-13-15(7-9)8-10(16)18-4/h6-7H,5,8H2,1-4H3,(H,14,17). The molecule has 18 heavy (non-hydrogen) atoms. The van der Waals surface area contributed by atoms with Crippen LogP contribution in [0.25, 0.3) is 0 Å². The van der Waals surface area contributed by atoms with Crippen LogP contribution < -0.4 is 5.32 Å². The zero-order valence-corrected chi connectivity index (χ0v) is 11.2. The Labute approximate surface area is 106 Å². The molecule has 0 bridgehead atoms. The summed E-state index contributed by atoms with van der Waals surface area (Å²) in [6, 6.07) is 0. The first-order valence-corrected chi connectivity index (χ1v) is 5.79. The van der Waals surface area contributed by atoms with Crippen LogP contribution in [0.4, 0.5) is 5.69 Å². The Balaban J connectivity index is 2.64. The lowest BCUT2D eigenvalue weighted by molar-refractivity contribution is -0.141. The largest absolute Gasteiger partial charge is 0.468 e. The zero-order chi connectivity index (χ0) is 13.8. The van der Waals surface area contributed by atoms with Gasteiger partial charge >= 0.3 is 5.97 Å². The lowest BCUT2D eigenvalue weighted by atomic mass is 9.89. The van der Waals surface area contributed by atoms with E-state index in [0.29, 0.717) is 5.69 Å². The highest BCUT2D eigenvalue weighted by Gasteiger charge is 2.25. The number of methoxy groups -OCH3 is 1. The molecule has 0 aliphatic heterocycles. The zero-order valence-electron chi connectivity index (χ0n) is 11.2. The van der Waals surface area contributed by atoms with Gasteiger partial charge in [-0.2, -0.15) is 5.10 Å². The number of anilines is 1. The maximum Gasteiger partial charge on any atom is 0.327 e. The fourth-order valence-corrected chi connectivity index (χ4v) is 1.17. The SMILES string of the molecule is CCC(C)(C)C(=O)Nc1cnn(CC(=O)OC)c1. The Hall–Kier alpha value is -1.85. The summed E-state index contributed by atoms with van der Waals surface area (Å²) in [6.07, 6.45) is 3.85. The quantitative estimate of drug-likeness (QED) is 0.806. The van der Waals surface area contributed by atoms with E-state index in [1.54, 1.807) is 6.20 Å². The Bertz CT molecular complexity index is 438. The first-order chi connectivity index (χ1) is 8.39. The number of nitrogens with zero attached hydrogens (tertiary/aromatic N) is 2. The molecule has 1 aromatic heterocycles. The van der Waals surface area contributed by atoms with Crippen molar-refractivity contribution >= 4 is 17.6 Å². The number of esters is 1. The van der Waals surface area contributed by atoms with E-state index in [0.717, 1.165) is 6.42 Å². The molecule has 0 saturated heterocycles. The van der Waals surface area contributed by atoms with E-state index in [2.05, 4.69) is 15.2 Å². The number of hydrogen-bond donors (Lipinski definition) is 1. The van der Waals surface area contributed by atoms with E-state index < -0.39 is 5.41 Å². The number of hydrogen-bond acceptors (Lipinski definition) is 4. The van der Waals surface area contributed by atoms with Gasteiger partial charge in [0, 0.05) is 11.6 Å². The average molecular weight is 253 g/mol. The minimum atomic E-state index is -0.426. The first kappa shape index (κ1) is 14.2. The summed E-state index contributed by atoms with van der Waals surface area (Å²) in [5.74, 6) is -0.451. The van der Waals surface area contributed by atoms with E-state index in [-0.39, 0.29) is 18.4 Å². The van der Waals surface area contributed by atoms with Crippen LogP contribution in [-0.4, -0.2) is 28.8 Å². The molecule has 1 amide bonds. The fraction of sp³-hybridized carbons (Fsp3) is 0.583. The molecule has 1 aromatic rings. The van der Waals surface area contributed by atoms with Crippen molar-refractivity contribution in [3.05, 3.63) is 12.4 Å². The van der Waals surface area contributed by atoms with Crippen molar-refractivity contribution in [2.45, 2.75) is 33.7 Å². The summed E-state index contributed by atoms with van der Waals surface area (Å²) in [7, 11) is 1.32. The van der Waals surface area contributed by atoms with E-state index in [1.165, 1.54) is 18.0 Å². The maximum absolute atomic E-state index is 11.9. The van der Waals surface area contributed by atoms with E-state index in [1.807, 2.05) is 20.8 Å². The predicted molar refractivity (Wildman–Crippen MR) is 66.9 cm³/mol. The second-order valence-electron chi connectivity index (χ2n) is 4.69.